The van der Waals surface area contributed by atoms with Crippen LogP contribution in [0.4, 0.5) is 32.0 Å². The van der Waals surface area contributed by atoms with Crippen LogP contribution in [-0.2, 0) is 24.8 Å². The van der Waals surface area contributed by atoms with Crippen molar-refractivity contribution in [2.24, 2.45) is 12.5 Å². The van der Waals surface area contributed by atoms with Crippen molar-refractivity contribution in [3.63, 3.8) is 0 Å². The summed E-state index contributed by atoms with van der Waals surface area (Å²) in [6, 6.07) is 9.18. The molecule has 1 heterocycles. The van der Waals surface area contributed by atoms with Crippen LogP contribution in [0.25, 0.3) is 11.0 Å². The number of halogens is 9. The molecule has 46 heavy (non-hydrogen) atoms. The van der Waals surface area contributed by atoms with E-state index in [9.17, 15) is 35.9 Å². The second kappa shape index (κ2) is 12.8. The number of benzene rings is 3. The molecule has 1 aliphatic rings. The number of nitrogens with zero attached hydrogens (tertiary/aromatic N) is 2. The summed E-state index contributed by atoms with van der Waals surface area (Å²) in [5.41, 5.74) is -1.01. The van der Waals surface area contributed by atoms with Gasteiger partial charge in [0.25, 0.3) is 12.3 Å². The first-order chi connectivity index (χ1) is 21.6. The number of aromatic nitrogens is 2. The quantitative estimate of drug-likeness (QED) is 0.163. The summed E-state index contributed by atoms with van der Waals surface area (Å²) in [6.07, 6.45) is -8.05. The van der Waals surface area contributed by atoms with Gasteiger partial charge in [0.2, 0.25) is 5.91 Å². The molecule has 244 valence electrons. The Balaban J connectivity index is 1.43. The largest absolute Gasteiger partial charge is 0.487 e. The monoisotopic (exact) mass is 706 g/mol. The summed E-state index contributed by atoms with van der Waals surface area (Å²) in [7, 11) is 1.62. The minimum absolute atomic E-state index is 0.0138. The van der Waals surface area contributed by atoms with Gasteiger partial charge in [-0.2, -0.15) is 13.2 Å². The summed E-state index contributed by atoms with van der Waals surface area (Å²) >= 11 is 18.8. The van der Waals surface area contributed by atoms with E-state index in [-0.39, 0.29) is 63.4 Å². The van der Waals surface area contributed by atoms with Gasteiger partial charge >= 0.3 is 6.18 Å². The van der Waals surface area contributed by atoms with Crippen molar-refractivity contribution in [3.8, 4) is 5.75 Å². The Labute approximate surface area is 272 Å². The normalized spacial score (nSPS) is 14.1. The van der Waals surface area contributed by atoms with Crippen LogP contribution in [0.5, 0.6) is 5.75 Å². The van der Waals surface area contributed by atoms with Gasteiger partial charge in [0, 0.05) is 36.8 Å². The molecule has 4 aromatic rings. The van der Waals surface area contributed by atoms with Crippen molar-refractivity contribution >= 4 is 63.3 Å². The summed E-state index contributed by atoms with van der Waals surface area (Å²) in [5, 5.41) is 4.93. The maximum atomic E-state index is 13.6. The second-order valence-electron chi connectivity index (χ2n) is 10.6. The Bertz CT molecular complexity index is 1840. The molecule has 0 spiro atoms. The molecule has 1 aromatic heterocycles. The van der Waals surface area contributed by atoms with Crippen molar-refractivity contribution in [1.82, 2.24) is 14.9 Å². The number of nitrogens with one attached hydrogen (secondary N) is 2. The first-order valence-corrected chi connectivity index (χ1v) is 14.7. The lowest BCUT2D eigenvalue weighted by molar-refractivity contribution is -0.192. The second-order valence-corrected chi connectivity index (χ2v) is 11.8. The van der Waals surface area contributed by atoms with Gasteiger partial charge in [0.05, 0.1) is 26.6 Å². The van der Waals surface area contributed by atoms with Crippen molar-refractivity contribution in [1.29, 1.82) is 0 Å². The molecule has 3 aromatic carbocycles. The highest BCUT2D eigenvalue weighted by Gasteiger charge is 2.68. The molecule has 0 unspecified atom stereocenters. The zero-order valence-corrected chi connectivity index (χ0v) is 25.9. The van der Waals surface area contributed by atoms with Gasteiger partial charge in [-0.15, -0.1) is 0 Å². The van der Waals surface area contributed by atoms with E-state index in [1.807, 2.05) is 0 Å². The number of imidazole rings is 1. The summed E-state index contributed by atoms with van der Waals surface area (Å²) in [4.78, 5) is 30.1. The molecule has 2 N–H and O–H groups in total. The Kier molecular flexibility index (Phi) is 9.40. The molecular formula is C30H23Cl3F6N4O3. The van der Waals surface area contributed by atoms with Crippen molar-refractivity contribution in [2.45, 2.75) is 38.4 Å². The maximum Gasteiger partial charge on any atom is 0.403 e. The van der Waals surface area contributed by atoms with E-state index in [4.69, 9.17) is 39.5 Å². The minimum Gasteiger partial charge on any atom is -0.487 e. The molecular weight excluding hydrogens is 685 g/mol. The number of ether oxygens (including phenoxy) is 1. The topological polar surface area (TPSA) is 85.2 Å². The fraction of sp³-hybridized carbons (Fsp3) is 0.300. The number of aryl methyl sites for hydroxylation is 1. The fourth-order valence-electron chi connectivity index (χ4n) is 4.86. The summed E-state index contributed by atoms with van der Waals surface area (Å²) in [5.74, 6) is -2.40. The van der Waals surface area contributed by atoms with Crippen molar-refractivity contribution in [3.05, 3.63) is 85.9 Å². The SMILES string of the molecule is Cn1c(Cc2c(Cl)ccc(CNC(=O)C3(C(F)(F)F)CC3)c2Cl)nc2cc(C(=O)Nc3ccc(F)c(Cl)c3)c(OCC(F)F)cc21. The van der Waals surface area contributed by atoms with Crippen LogP contribution in [0.2, 0.25) is 15.1 Å². The molecule has 5 rings (SSSR count). The number of anilines is 1. The third kappa shape index (κ3) is 6.72. The lowest BCUT2D eigenvalue weighted by Gasteiger charge is -2.19. The zero-order valence-electron chi connectivity index (χ0n) is 23.7. The molecule has 1 fully saturated rings. The lowest BCUT2D eigenvalue weighted by Crippen LogP contribution is -2.41. The van der Waals surface area contributed by atoms with Crippen LogP contribution in [0, 0.1) is 11.2 Å². The number of fused-ring (bicyclic) bond motifs is 1. The standard InChI is InChI=1S/C30H23Cl3F6N4O3/c1-43-22-11-23(46-13-24(35)36)17(27(44)41-15-3-5-20(34)19(32)8-15)9-21(22)42-25(43)10-16-18(31)4-2-14(26(16)33)12-40-28(45)29(6-7-29)30(37,38)39/h2-5,8-9,11,24H,6-7,10,12-13H2,1H3,(H,40,45)(H,41,44). The number of amides is 2. The molecule has 0 radical (unpaired) electrons. The van der Waals surface area contributed by atoms with Gasteiger partial charge in [0.15, 0.2) is 0 Å². The molecule has 0 saturated heterocycles. The predicted molar refractivity (Wildman–Crippen MR) is 160 cm³/mol. The van der Waals surface area contributed by atoms with E-state index in [1.165, 1.54) is 36.4 Å². The third-order valence-electron chi connectivity index (χ3n) is 7.63. The highest BCUT2D eigenvalue weighted by molar-refractivity contribution is 6.36. The molecule has 1 aliphatic carbocycles. The van der Waals surface area contributed by atoms with Gasteiger partial charge in [-0.25, -0.2) is 18.2 Å². The van der Waals surface area contributed by atoms with Gasteiger partial charge in [-0.3, -0.25) is 9.59 Å². The van der Waals surface area contributed by atoms with Crippen molar-refractivity contribution < 1.29 is 40.7 Å². The van der Waals surface area contributed by atoms with Gasteiger partial charge in [-0.1, -0.05) is 40.9 Å². The summed E-state index contributed by atoms with van der Waals surface area (Å²) < 4.78 is 86.6. The molecule has 0 aliphatic heterocycles. The van der Waals surface area contributed by atoms with Crippen LogP contribution < -0.4 is 15.4 Å². The number of carbonyl (C=O) groups excluding carboxylic acids is 2. The van der Waals surface area contributed by atoms with Crippen LogP contribution >= 0.6 is 34.8 Å². The van der Waals surface area contributed by atoms with Crippen LogP contribution in [0.1, 0.15) is 40.2 Å². The molecule has 7 nitrogen and oxygen atoms in total. The number of alkyl halides is 5. The van der Waals surface area contributed by atoms with Crippen LogP contribution in [0.15, 0.2) is 42.5 Å². The molecule has 16 heteroatoms. The van der Waals surface area contributed by atoms with E-state index in [1.54, 1.807) is 11.6 Å². The number of hydrogen-bond donors (Lipinski definition) is 2. The first-order valence-electron chi connectivity index (χ1n) is 13.6. The Hall–Kier alpha value is -3.68. The molecule has 2 amide bonds. The Morgan fingerprint density at radius 2 is 1.78 bits per heavy atom. The van der Waals surface area contributed by atoms with E-state index < -0.39 is 42.3 Å². The maximum absolute atomic E-state index is 13.6. The summed E-state index contributed by atoms with van der Waals surface area (Å²) in [6.45, 7) is -1.28. The van der Waals surface area contributed by atoms with E-state index in [0.29, 0.717) is 22.5 Å². The lowest BCUT2D eigenvalue weighted by atomic mass is 10.0. The van der Waals surface area contributed by atoms with Crippen molar-refractivity contribution in [2.75, 3.05) is 11.9 Å². The Morgan fingerprint density at radius 1 is 1.07 bits per heavy atom. The molecule has 0 bridgehead atoms. The number of hydrogen-bond acceptors (Lipinski definition) is 4. The van der Waals surface area contributed by atoms with E-state index in [2.05, 4.69) is 15.6 Å². The average molecular weight is 708 g/mol. The first kappa shape index (κ1) is 33.7. The number of carbonyl (C=O) groups is 2. The van der Waals surface area contributed by atoms with Crippen LogP contribution in [0.3, 0.4) is 0 Å². The number of rotatable bonds is 10. The zero-order chi connectivity index (χ0) is 33.6. The predicted octanol–water partition coefficient (Wildman–Crippen LogP) is 8.12. The van der Waals surface area contributed by atoms with E-state index in [0.717, 1.165) is 6.07 Å². The average Bonchev–Trinajstić information content (AvgIpc) is 3.76. The highest BCUT2D eigenvalue weighted by atomic mass is 35.5. The van der Waals surface area contributed by atoms with Gasteiger partial charge in [-0.05, 0) is 54.3 Å². The highest BCUT2D eigenvalue weighted by Crippen LogP contribution is 2.57. The van der Waals surface area contributed by atoms with Gasteiger partial charge < -0.3 is 19.9 Å². The fourth-order valence-corrected chi connectivity index (χ4v) is 5.61. The molecule has 0 atom stereocenters. The third-order valence-corrected chi connectivity index (χ3v) is 8.74. The van der Waals surface area contributed by atoms with Gasteiger partial charge in [0.1, 0.15) is 29.4 Å². The Morgan fingerprint density at radius 3 is 2.41 bits per heavy atom. The van der Waals surface area contributed by atoms with Crippen LogP contribution in [-0.4, -0.2) is 40.6 Å². The van der Waals surface area contributed by atoms with E-state index >= 15 is 0 Å². The minimum atomic E-state index is -4.66. The smallest absolute Gasteiger partial charge is 0.403 e. The molecule has 1 saturated carbocycles.